The minimum atomic E-state index is -0.259. The molecule has 0 radical (unpaired) electrons. The lowest BCUT2D eigenvalue weighted by Gasteiger charge is -2.23. The summed E-state index contributed by atoms with van der Waals surface area (Å²) in [5.41, 5.74) is 8.60. The zero-order chi connectivity index (χ0) is 18.4. The fourth-order valence-electron chi connectivity index (χ4n) is 2.56. The molecule has 0 saturated carbocycles. The van der Waals surface area contributed by atoms with E-state index in [1.54, 1.807) is 17.0 Å². The summed E-state index contributed by atoms with van der Waals surface area (Å²) >= 11 is 0. The van der Waals surface area contributed by atoms with Gasteiger partial charge in [0.1, 0.15) is 5.75 Å². The molecule has 0 heterocycles. The van der Waals surface area contributed by atoms with E-state index in [4.69, 9.17) is 10.5 Å². The van der Waals surface area contributed by atoms with Gasteiger partial charge in [-0.3, -0.25) is 4.90 Å². The number of carbonyl (C=O) groups excluding carboxylic acids is 1. The van der Waals surface area contributed by atoms with Crippen LogP contribution in [0.1, 0.15) is 6.92 Å². The van der Waals surface area contributed by atoms with E-state index < -0.39 is 0 Å². The molecule has 132 valence electrons. The number of nitrogens with two attached hydrogens (primary N) is 1. The first-order valence-corrected chi connectivity index (χ1v) is 8.42. The van der Waals surface area contributed by atoms with E-state index in [9.17, 15) is 4.79 Å². The van der Waals surface area contributed by atoms with Crippen LogP contribution in [0.5, 0.6) is 5.75 Å². The lowest BCUT2D eigenvalue weighted by atomic mass is 10.2. The number of rotatable bonds is 5. The molecule has 0 aliphatic rings. The van der Waals surface area contributed by atoms with Crippen molar-refractivity contribution in [1.29, 1.82) is 0 Å². The third kappa shape index (κ3) is 4.13. The van der Waals surface area contributed by atoms with Gasteiger partial charge in [-0.25, -0.2) is 4.79 Å². The number of ether oxygens (including phenoxy) is 1. The number of hydrogen-bond donors (Lipinski definition) is 2. The number of amides is 2. The van der Waals surface area contributed by atoms with Gasteiger partial charge in [0.15, 0.2) is 0 Å². The van der Waals surface area contributed by atoms with Gasteiger partial charge in [0.2, 0.25) is 0 Å². The van der Waals surface area contributed by atoms with Crippen LogP contribution in [0, 0.1) is 0 Å². The maximum absolute atomic E-state index is 13.0. The summed E-state index contributed by atoms with van der Waals surface area (Å²) in [4.78, 5) is 14.6. The Morgan fingerprint density at radius 1 is 0.923 bits per heavy atom. The number of para-hydroxylation sites is 1. The summed E-state index contributed by atoms with van der Waals surface area (Å²) < 4.78 is 5.43. The van der Waals surface area contributed by atoms with Crippen LogP contribution in [0.2, 0.25) is 0 Å². The van der Waals surface area contributed by atoms with Crippen molar-refractivity contribution in [3.8, 4) is 5.75 Å². The van der Waals surface area contributed by atoms with E-state index in [0.29, 0.717) is 18.0 Å². The van der Waals surface area contributed by atoms with Crippen LogP contribution in [0.4, 0.5) is 27.5 Å². The van der Waals surface area contributed by atoms with E-state index in [-0.39, 0.29) is 6.03 Å². The number of anilines is 4. The molecule has 0 bridgehead atoms. The summed E-state index contributed by atoms with van der Waals surface area (Å²) in [7, 11) is 0. The van der Waals surface area contributed by atoms with Gasteiger partial charge in [-0.05, 0) is 67.6 Å². The standard InChI is InChI=1S/C21H21N3O2/c1-2-26-20-14-10-17(11-15-20)23-21(25)24(18-6-4-3-5-7-18)19-12-8-16(22)9-13-19/h3-15H,2,22H2,1H3,(H,23,25). The Balaban J connectivity index is 1.86. The zero-order valence-corrected chi connectivity index (χ0v) is 14.6. The predicted octanol–water partition coefficient (Wildman–Crippen LogP) is 5.04. The van der Waals surface area contributed by atoms with Gasteiger partial charge in [0, 0.05) is 11.4 Å². The molecule has 0 saturated heterocycles. The van der Waals surface area contributed by atoms with Gasteiger partial charge in [0.05, 0.1) is 18.0 Å². The highest BCUT2D eigenvalue weighted by Gasteiger charge is 2.18. The van der Waals surface area contributed by atoms with E-state index in [0.717, 1.165) is 17.1 Å². The van der Waals surface area contributed by atoms with E-state index in [2.05, 4.69) is 5.32 Å². The van der Waals surface area contributed by atoms with E-state index in [1.807, 2.05) is 73.7 Å². The normalized spacial score (nSPS) is 10.2. The van der Waals surface area contributed by atoms with Gasteiger partial charge >= 0.3 is 6.03 Å². The van der Waals surface area contributed by atoms with Gasteiger partial charge in [-0.2, -0.15) is 0 Å². The van der Waals surface area contributed by atoms with Gasteiger partial charge in [-0.1, -0.05) is 18.2 Å². The quantitative estimate of drug-likeness (QED) is 0.636. The SMILES string of the molecule is CCOc1ccc(NC(=O)N(c2ccccc2)c2ccc(N)cc2)cc1. The van der Waals surface area contributed by atoms with Crippen molar-refractivity contribution in [2.45, 2.75) is 6.92 Å². The van der Waals surface area contributed by atoms with Crippen molar-refractivity contribution >= 4 is 28.8 Å². The molecule has 3 rings (SSSR count). The second kappa shape index (κ2) is 8.07. The Morgan fingerprint density at radius 3 is 2.15 bits per heavy atom. The number of benzene rings is 3. The molecule has 0 atom stereocenters. The molecule has 0 aliphatic carbocycles. The average Bonchev–Trinajstić information content (AvgIpc) is 2.66. The molecule has 0 aliphatic heterocycles. The Labute approximate surface area is 153 Å². The summed E-state index contributed by atoms with van der Waals surface area (Å²) in [5, 5.41) is 2.92. The molecule has 2 amide bonds. The molecule has 0 aromatic heterocycles. The van der Waals surface area contributed by atoms with Crippen LogP contribution >= 0.6 is 0 Å². The van der Waals surface area contributed by atoms with E-state index in [1.165, 1.54) is 0 Å². The predicted molar refractivity (Wildman–Crippen MR) is 106 cm³/mol. The maximum Gasteiger partial charge on any atom is 0.330 e. The molecule has 0 fully saturated rings. The Hall–Kier alpha value is -3.47. The molecule has 3 aromatic carbocycles. The minimum Gasteiger partial charge on any atom is -0.494 e. The smallest absolute Gasteiger partial charge is 0.330 e. The first-order valence-electron chi connectivity index (χ1n) is 8.42. The van der Waals surface area contributed by atoms with Crippen LogP contribution in [-0.2, 0) is 0 Å². The van der Waals surface area contributed by atoms with Crippen LogP contribution < -0.4 is 20.7 Å². The number of nitrogens with zero attached hydrogens (tertiary/aromatic N) is 1. The van der Waals surface area contributed by atoms with Crippen LogP contribution in [-0.4, -0.2) is 12.6 Å². The molecule has 3 aromatic rings. The topological polar surface area (TPSA) is 67.6 Å². The molecule has 26 heavy (non-hydrogen) atoms. The minimum absolute atomic E-state index is 0.259. The largest absolute Gasteiger partial charge is 0.494 e. The first kappa shape index (κ1) is 17.4. The summed E-state index contributed by atoms with van der Waals surface area (Å²) in [6, 6.07) is 23.7. The van der Waals surface area contributed by atoms with Crippen molar-refractivity contribution in [3.05, 3.63) is 78.9 Å². The van der Waals surface area contributed by atoms with Crippen molar-refractivity contribution < 1.29 is 9.53 Å². The highest BCUT2D eigenvalue weighted by molar-refractivity contribution is 6.07. The van der Waals surface area contributed by atoms with Crippen molar-refractivity contribution in [2.24, 2.45) is 0 Å². The number of nitrogens with one attached hydrogen (secondary N) is 1. The zero-order valence-electron chi connectivity index (χ0n) is 14.6. The van der Waals surface area contributed by atoms with Crippen LogP contribution in [0.25, 0.3) is 0 Å². The molecule has 0 unspecified atom stereocenters. The van der Waals surface area contributed by atoms with E-state index >= 15 is 0 Å². The maximum atomic E-state index is 13.0. The average molecular weight is 347 g/mol. The fourth-order valence-corrected chi connectivity index (χ4v) is 2.56. The third-order valence-corrected chi connectivity index (χ3v) is 3.79. The second-order valence-electron chi connectivity index (χ2n) is 5.65. The Kier molecular flexibility index (Phi) is 5.39. The van der Waals surface area contributed by atoms with Gasteiger partial charge in [-0.15, -0.1) is 0 Å². The van der Waals surface area contributed by atoms with Crippen molar-refractivity contribution in [2.75, 3.05) is 22.6 Å². The van der Waals surface area contributed by atoms with Gasteiger partial charge < -0.3 is 15.8 Å². The molecular weight excluding hydrogens is 326 g/mol. The summed E-state index contributed by atoms with van der Waals surface area (Å²) in [5.74, 6) is 0.768. The summed E-state index contributed by atoms with van der Waals surface area (Å²) in [6.45, 7) is 2.53. The first-order chi connectivity index (χ1) is 12.7. The lowest BCUT2D eigenvalue weighted by Crippen LogP contribution is -2.30. The fraction of sp³-hybridized carbons (Fsp3) is 0.0952. The van der Waals surface area contributed by atoms with Gasteiger partial charge in [0.25, 0.3) is 0 Å². The van der Waals surface area contributed by atoms with Crippen LogP contribution in [0.15, 0.2) is 78.9 Å². The number of urea groups is 1. The van der Waals surface area contributed by atoms with Crippen LogP contribution in [0.3, 0.4) is 0 Å². The number of hydrogen-bond acceptors (Lipinski definition) is 3. The molecule has 0 spiro atoms. The Morgan fingerprint density at radius 2 is 1.54 bits per heavy atom. The lowest BCUT2D eigenvalue weighted by molar-refractivity contribution is 0.259. The second-order valence-corrected chi connectivity index (χ2v) is 5.65. The Bertz CT molecular complexity index is 847. The number of carbonyl (C=O) groups is 1. The highest BCUT2D eigenvalue weighted by Crippen LogP contribution is 2.27. The molecular formula is C21H21N3O2. The monoisotopic (exact) mass is 347 g/mol. The molecule has 5 heteroatoms. The third-order valence-electron chi connectivity index (χ3n) is 3.79. The summed E-state index contributed by atoms with van der Waals surface area (Å²) in [6.07, 6.45) is 0. The van der Waals surface area contributed by atoms with Crippen molar-refractivity contribution in [3.63, 3.8) is 0 Å². The molecule has 5 nitrogen and oxygen atoms in total. The number of nitrogen functional groups attached to an aromatic ring is 1. The molecule has 3 N–H and O–H groups in total. The highest BCUT2D eigenvalue weighted by atomic mass is 16.5. The van der Waals surface area contributed by atoms with Crippen molar-refractivity contribution in [1.82, 2.24) is 0 Å².